The molecule has 0 spiro atoms. The fourth-order valence-corrected chi connectivity index (χ4v) is 2.46. The maximum absolute atomic E-state index is 4.57. The molecule has 1 fully saturated rings. The standard InChI is InChI=1S/C16H21N3/c1-10-5-8-14(12(3)11(10)2)15-9-16(18-19(15)4)17-13-6-7-13/h5,8-9,13H,6-7H2,1-4H3,(H,17,18). The van der Waals surface area contributed by atoms with Crippen LogP contribution in [0.25, 0.3) is 11.3 Å². The summed E-state index contributed by atoms with van der Waals surface area (Å²) in [4.78, 5) is 0. The quantitative estimate of drug-likeness (QED) is 0.908. The van der Waals surface area contributed by atoms with Crippen LogP contribution >= 0.6 is 0 Å². The predicted molar refractivity (Wildman–Crippen MR) is 79.5 cm³/mol. The Bertz CT molecular complexity index is 621. The van der Waals surface area contributed by atoms with Crippen molar-refractivity contribution in [1.82, 2.24) is 9.78 Å². The van der Waals surface area contributed by atoms with Crippen LogP contribution in [-0.4, -0.2) is 15.8 Å². The highest BCUT2D eigenvalue weighted by Crippen LogP contribution is 2.30. The molecule has 3 heteroatoms. The number of rotatable bonds is 3. The van der Waals surface area contributed by atoms with Crippen LogP contribution in [0.2, 0.25) is 0 Å². The van der Waals surface area contributed by atoms with Crippen molar-refractivity contribution in [2.24, 2.45) is 7.05 Å². The summed E-state index contributed by atoms with van der Waals surface area (Å²) in [5, 5.41) is 8.03. The van der Waals surface area contributed by atoms with E-state index in [-0.39, 0.29) is 0 Å². The second-order valence-corrected chi connectivity index (χ2v) is 5.64. The van der Waals surface area contributed by atoms with Crippen LogP contribution in [0.15, 0.2) is 18.2 Å². The monoisotopic (exact) mass is 255 g/mol. The number of benzene rings is 1. The molecule has 0 aliphatic heterocycles. The van der Waals surface area contributed by atoms with Gasteiger partial charge < -0.3 is 5.32 Å². The Balaban J connectivity index is 2.01. The minimum Gasteiger partial charge on any atom is -0.366 e. The van der Waals surface area contributed by atoms with Gasteiger partial charge in [-0.05, 0) is 50.3 Å². The van der Waals surface area contributed by atoms with E-state index in [9.17, 15) is 0 Å². The number of anilines is 1. The average molecular weight is 255 g/mol. The number of hydrogen-bond acceptors (Lipinski definition) is 2. The number of nitrogens with one attached hydrogen (secondary N) is 1. The van der Waals surface area contributed by atoms with Gasteiger partial charge in [0.25, 0.3) is 0 Å². The summed E-state index contributed by atoms with van der Waals surface area (Å²) >= 11 is 0. The van der Waals surface area contributed by atoms with Gasteiger partial charge in [0, 0.05) is 24.7 Å². The Morgan fingerprint density at radius 3 is 2.58 bits per heavy atom. The van der Waals surface area contributed by atoms with Crippen molar-refractivity contribution in [3.8, 4) is 11.3 Å². The number of aryl methyl sites for hydroxylation is 2. The first kappa shape index (κ1) is 12.3. The smallest absolute Gasteiger partial charge is 0.148 e. The highest BCUT2D eigenvalue weighted by molar-refractivity contribution is 5.69. The van der Waals surface area contributed by atoms with Gasteiger partial charge in [-0.25, -0.2) is 0 Å². The lowest BCUT2D eigenvalue weighted by molar-refractivity contribution is 0.775. The molecule has 100 valence electrons. The van der Waals surface area contributed by atoms with Crippen molar-refractivity contribution >= 4 is 5.82 Å². The highest BCUT2D eigenvalue weighted by Gasteiger charge is 2.22. The van der Waals surface area contributed by atoms with Gasteiger partial charge in [0.1, 0.15) is 5.82 Å². The molecule has 1 N–H and O–H groups in total. The Kier molecular flexibility index (Phi) is 2.85. The van der Waals surface area contributed by atoms with E-state index >= 15 is 0 Å². The van der Waals surface area contributed by atoms with Gasteiger partial charge in [-0.1, -0.05) is 12.1 Å². The summed E-state index contributed by atoms with van der Waals surface area (Å²) in [6, 6.07) is 7.20. The Morgan fingerprint density at radius 2 is 1.89 bits per heavy atom. The zero-order valence-electron chi connectivity index (χ0n) is 12.1. The summed E-state index contributed by atoms with van der Waals surface area (Å²) < 4.78 is 1.97. The number of aromatic nitrogens is 2. The molecule has 1 aliphatic rings. The van der Waals surface area contributed by atoms with Crippen molar-refractivity contribution in [3.05, 3.63) is 34.9 Å². The lowest BCUT2D eigenvalue weighted by Crippen LogP contribution is -2.02. The third-order valence-corrected chi connectivity index (χ3v) is 4.14. The molecule has 0 amide bonds. The normalized spacial score (nSPS) is 14.7. The zero-order valence-corrected chi connectivity index (χ0v) is 12.1. The van der Waals surface area contributed by atoms with Crippen LogP contribution in [0.3, 0.4) is 0 Å². The molecule has 19 heavy (non-hydrogen) atoms. The average Bonchev–Trinajstić information content (AvgIpc) is 3.10. The zero-order chi connectivity index (χ0) is 13.6. The molecule has 1 heterocycles. The Morgan fingerprint density at radius 1 is 1.16 bits per heavy atom. The van der Waals surface area contributed by atoms with Gasteiger partial charge in [0.05, 0.1) is 5.69 Å². The molecule has 3 rings (SSSR count). The Labute approximate surface area is 114 Å². The van der Waals surface area contributed by atoms with E-state index in [4.69, 9.17) is 0 Å². The maximum atomic E-state index is 4.57. The van der Waals surface area contributed by atoms with Gasteiger partial charge in [0.2, 0.25) is 0 Å². The lowest BCUT2D eigenvalue weighted by Gasteiger charge is -2.11. The molecule has 1 aromatic carbocycles. The fourth-order valence-electron chi connectivity index (χ4n) is 2.46. The minimum absolute atomic E-state index is 0.642. The second-order valence-electron chi connectivity index (χ2n) is 5.64. The van der Waals surface area contributed by atoms with E-state index in [2.05, 4.69) is 49.4 Å². The molecule has 2 aromatic rings. The van der Waals surface area contributed by atoms with Crippen LogP contribution in [0.1, 0.15) is 29.5 Å². The van der Waals surface area contributed by atoms with Crippen LogP contribution < -0.4 is 5.32 Å². The van der Waals surface area contributed by atoms with Crippen LogP contribution in [0, 0.1) is 20.8 Å². The van der Waals surface area contributed by atoms with E-state index < -0.39 is 0 Å². The summed E-state index contributed by atoms with van der Waals surface area (Å²) in [6.45, 7) is 6.54. The lowest BCUT2D eigenvalue weighted by atomic mass is 9.97. The third kappa shape index (κ3) is 2.25. The van der Waals surface area contributed by atoms with Crippen LogP contribution in [0.5, 0.6) is 0 Å². The molecular formula is C16H21N3. The van der Waals surface area contributed by atoms with E-state index in [0.717, 1.165) is 5.82 Å². The number of nitrogens with zero attached hydrogens (tertiary/aromatic N) is 2. The maximum Gasteiger partial charge on any atom is 0.148 e. The molecule has 0 saturated heterocycles. The van der Waals surface area contributed by atoms with Crippen molar-refractivity contribution in [2.45, 2.75) is 39.7 Å². The molecule has 3 nitrogen and oxygen atoms in total. The van der Waals surface area contributed by atoms with Gasteiger partial charge in [-0.15, -0.1) is 0 Å². The van der Waals surface area contributed by atoms with Crippen molar-refractivity contribution in [3.63, 3.8) is 0 Å². The van der Waals surface area contributed by atoms with E-state index in [0.29, 0.717) is 6.04 Å². The van der Waals surface area contributed by atoms with Gasteiger partial charge in [-0.3, -0.25) is 4.68 Å². The van der Waals surface area contributed by atoms with Gasteiger partial charge in [0.15, 0.2) is 0 Å². The molecule has 1 aromatic heterocycles. The molecular weight excluding hydrogens is 234 g/mol. The first-order valence-corrected chi connectivity index (χ1v) is 6.94. The van der Waals surface area contributed by atoms with Crippen LogP contribution in [-0.2, 0) is 7.05 Å². The fraction of sp³-hybridized carbons (Fsp3) is 0.438. The molecule has 0 radical (unpaired) electrons. The van der Waals surface area contributed by atoms with Gasteiger partial charge >= 0.3 is 0 Å². The first-order chi connectivity index (χ1) is 9.06. The van der Waals surface area contributed by atoms with Crippen molar-refractivity contribution < 1.29 is 0 Å². The minimum atomic E-state index is 0.642. The van der Waals surface area contributed by atoms with Gasteiger partial charge in [-0.2, -0.15) is 5.10 Å². The molecule has 1 aliphatic carbocycles. The van der Waals surface area contributed by atoms with E-state index in [1.54, 1.807) is 0 Å². The number of hydrogen-bond donors (Lipinski definition) is 1. The molecule has 0 unspecified atom stereocenters. The summed E-state index contributed by atoms with van der Waals surface area (Å²) in [6.07, 6.45) is 2.54. The third-order valence-electron chi connectivity index (χ3n) is 4.14. The first-order valence-electron chi connectivity index (χ1n) is 6.94. The SMILES string of the molecule is Cc1ccc(-c2cc(NC3CC3)nn2C)c(C)c1C. The highest BCUT2D eigenvalue weighted by atomic mass is 15.3. The molecule has 0 bridgehead atoms. The summed E-state index contributed by atoms with van der Waals surface area (Å²) in [7, 11) is 2.02. The van der Waals surface area contributed by atoms with E-state index in [1.165, 1.54) is 40.8 Å². The summed E-state index contributed by atoms with van der Waals surface area (Å²) in [5.41, 5.74) is 6.53. The second kappa shape index (κ2) is 4.41. The Hall–Kier alpha value is -1.77. The predicted octanol–water partition coefficient (Wildman–Crippen LogP) is 3.59. The summed E-state index contributed by atoms with van der Waals surface area (Å²) in [5.74, 6) is 0.998. The largest absolute Gasteiger partial charge is 0.366 e. The van der Waals surface area contributed by atoms with E-state index in [1.807, 2.05) is 11.7 Å². The molecule has 0 atom stereocenters. The van der Waals surface area contributed by atoms with Crippen LogP contribution in [0.4, 0.5) is 5.82 Å². The molecule has 1 saturated carbocycles. The van der Waals surface area contributed by atoms with Crippen molar-refractivity contribution in [2.75, 3.05) is 5.32 Å². The topological polar surface area (TPSA) is 29.9 Å². The van der Waals surface area contributed by atoms with Crippen molar-refractivity contribution in [1.29, 1.82) is 0 Å².